The van der Waals surface area contributed by atoms with Crippen molar-refractivity contribution < 1.29 is 30.6 Å². The third kappa shape index (κ3) is 3.07. The Morgan fingerprint density at radius 2 is 1.88 bits per heavy atom. The zero-order valence-corrected chi connectivity index (χ0v) is 9.58. The van der Waals surface area contributed by atoms with Gasteiger partial charge in [-0.05, 0) is 0 Å². The smallest absolute Gasteiger partial charge is 0.169 e. The Hall–Kier alpha value is 0.110. The maximum Gasteiger partial charge on any atom is 0.169 e. The van der Waals surface area contributed by atoms with Gasteiger partial charge in [-0.15, -0.1) is 6.61 Å². The van der Waals surface area contributed by atoms with Crippen LogP contribution in [0.4, 0.5) is 0 Å². The molecule has 1 saturated heterocycles. The van der Waals surface area contributed by atoms with Gasteiger partial charge in [0, 0.05) is 10.9 Å². The molecule has 0 aliphatic carbocycles. The summed E-state index contributed by atoms with van der Waals surface area (Å²) in [5, 5.41) is 56.5. The monoisotopic (exact) mass is 254 g/mol. The Bertz CT molecular complexity index is 216. The van der Waals surface area contributed by atoms with Crippen molar-refractivity contribution in [2.24, 2.45) is 0 Å². The molecule has 96 valence electrons. The van der Waals surface area contributed by atoms with Crippen molar-refractivity contribution in [2.75, 3.05) is 24.7 Å². The van der Waals surface area contributed by atoms with Crippen LogP contribution in [0.5, 0.6) is 0 Å². The predicted molar refractivity (Wildman–Crippen MR) is 56.9 cm³/mol. The molecule has 1 fully saturated rings. The molecule has 16 heavy (non-hydrogen) atoms. The molecule has 0 spiro atoms. The van der Waals surface area contributed by atoms with Crippen LogP contribution in [-0.4, -0.2) is 79.9 Å². The van der Waals surface area contributed by atoms with Crippen LogP contribution < -0.4 is 5.11 Å². The molecule has 1 unspecified atom stereocenters. The first-order chi connectivity index (χ1) is 7.51. The summed E-state index contributed by atoms with van der Waals surface area (Å²) < 4.78 is 0. The second-order valence-electron chi connectivity index (χ2n) is 3.95. The third-order valence-electron chi connectivity index (χ3n) is 2.77. The van der Waals surface area contributed by atoms with Crippen molar-refractivity contribution >= 4 is 10.9 Å². The molecule has 5 N–H and O–H groups in total. The van der Waals surface area contributed by atoms with Gasteiger partial charge in [0.1, 0.15) is 29.8 Å². The molecule has 1 aliphatic heterocycles. The normalized spacial score (nSPS) is 38.6. The van der Waals surface area contributed by atoms with Gasteiger partial charge in [0.25, 0.3) is 0 Å². The van der Waals surface area contributed by atoms with Crippen LogP contribution in [0.2, 0.25) is 0 Å². The fourth-order valence-electron chi connectivity index (χ4n) is 1.73. The van der Waals surface area contributed by atoms with Crippen LogP contribution in [0, 0.1) is 0 Å². The van der Waals surface area contributed by atoms with Crippen molar-refractivity contribution in [2.45, 2.75) is 29.7 Å². The topological polar surface area (TPSA) is 124 Å². The molecule has 0 bridgehead atoms. The van der Waals surface area contributed by atoms with Crippen LogP contribution in [0.1, 0.15) is 0 Å². The van der Waals surface area contributed by atoms with E-state index in [9.17, 15) is 20.4 Å². The molecule has 1 aliphatic rings. The lowest BCUT2D eigenvalue weighted by Crippen LogP contribution is -2.42. The minimum absolute atomic E-state index is 0.128. The standard InChI is InChI=1S/C9H18O6S/c10-1-5(12)6(13)3-16-4-7(14)9(15)8(16)2-11/h5-9,11-15H,1-4H2/t5-,6+,7-,8-,9+,16?/m1/s1. The molecule has 0 aromatic rings. The first kappa shape index (κ1) is 14.2. The largest absolute Gasteiger partial charge is 0.853 e. The van der Waals surface area contributed by atoms with E-state index in [0.29, 0.717) is 0 Å². The van der Waals surface area contributed by atoms with E-state index in [0.717, 1.165) is 0 Å². The average Bonchev–Trinajstić information content (AvgIpc) is 2.53. The van der Waals surface area contributed by atoms with Gasteiger partial charge < -0.3 is 30.6 Å². The fraction of sp³-hybridized carbons (Fsp3) is 1.00. The summed E-state index contributed by atoms with van der Waals surface area (Å²) in [6, 6.07) is 0. The zero-order valence-electron chi connectivity index (χ0n) is 8.77. The predicted octanol–water partition coefficient (Wildman–Crippen LogP) is -4.22. The summed E-state index contributed by atoms with van der Waals surface area (Å²) in [6.07, 6.45) is -4.39. The van der Waals surface area contributed by atoms with E-state index in [2.05, 4.69) is 0 Å². The average molecular weight is 254 g/mol. The Balaban J connectivity index is 2.53. The molecule has 0 saturated carbocycles. The molecular weight excluding hydrogens is 236 g/mol. The van der Waals surface area contributed by atoms with E-state index in [-0.39, 0.29) is 18.1 Å². The van der Waals surface area contributed by atoms with Crippen molar-refractivity contribution in [1.82, 2.24) is 0 Å². The van der Waals surface area contributed by atoms with Crippen LogP contribution in [0.15, 0.2) is 0 Å². The zero-order chi connectivity index (χ0) is 12.3. The SMILES string of the molecule is [O-]C[C@@H](O)[C@@H](O)C[S+]1C[C@@H](O)[C@H](O)[C@H]1CO. The minimum atomic E-state index is -1.33. The summed E-state index contributed by atoms with van der Waals surface area (Å²) in [5.74, 6) is 0.414. The number of hydrogen-bond acceptors (Lipinski definition) is 6. The third-order valence-corrected chi connectivity index (χ3v) is 5.59. The summed E-state index contributed by atoms with van der Waals surface area (Å²) in [7, 11) is -0.576. The summed E-state index contributed by atoms with van der Waals surface area (Å²) in [4.78, 5) is 0. The highest BCUT2D eigenvalue weighted by Gasteiger charge is 2.50. The van der Waals surface area contributed by atoms with Crippen LogP contribution in [0.3, 0.4) is 0 Å². The van der Waals surface area contributed by atoms with Gasteiger partial charge in [-0.2, -0.15) is 0 Å². The highest BCUT2D eigenvalue weighted by molar-refractivity contribution is 7.97. The Morgan fingerprint density at radius 1 is 1.25 bits per heavy atom. The van der Waals surface area contributed by atoms with Crippen LogP contribution in [-0.2, 0) is 10.9 Å². The highest BCUT2D eigenvalue weighted by atomic mass is 32.2. The molecule has 6 atom stereocenters. The lowest BCUT2D eigenvalue weighted by atomic mass is 10.2. The van der Waals surface area contributed by atoms with Gasteiger partial charge >= 0.3 is 0 Å². The van der Waals surface area contributed by atoms with Gasteiger partial charge in [0.2, 0.25) is 0 Å². The van der Waals surface area contributed by atoms with E-state index < -0.39 is 47.2 Å². The van der Waals surface area contributed by atoms with Gasteiger partial charge in [-0.1, -0.05) is 0 Å². The summed E-state index contributed by atoms with van der Waals surface area (Å²) >= 11 is 0. The van der Waals surface area contributed by atoms with E-state index in [1.54, 1.807) is 0 Å². The number of rotatable bonds is 5. The first-order valence-electron chi connectivity index (χ1n) is 5.08. The van der Waals surface area contributed by atoms with E-state index in [1.165, 1.54) is 0 Å². The number of aliphatic hydroxyl groups is 5. The summed E-state index contributed by atoms with van der Waals surface area (Å²) in [6.45, 7) is -1.06. The van der Waals surface area contributed by atoms with E-state index in [1.807, 2.05) is 0 Å². The lowest BCUT2D eigenvalue weighted by Gasteiger charge is -2.20. The lowest BCUT2D eigenvalue weighted by molar-refractivity contribution is -0.387. The molecule has 0 radical (unpaired) electrons. The molecule has 0 amide bonds. The maximum absolute atomic E-state index is 10.4. The van der Waals surface area contributed by atoms with Crippen molar-refractivity contribution in [3.05, 3.63) is 0 Å². The second kappa shape index (κ2) is 6.15. The fourth-order valence-corrected chi connectivity index (χ4v) is 4.45. The van der Waals surface area contributed by atoms with E-state index >= 15 is 0 Å². The quantitative estimate of drug-likeness (QED) is 0.317. The first-order valence-corrected chi connectivity index (χ1v) is 6.71. The Kier molecular flexibility index (Phi) is 5.45. The van der Waals surface area contributed by atoms with Crippen molar-refractivity contribution in [1.29, 1.82) is 0 Å². The molecule has 7 heteroatoms. The molecular formula is C9H18O6S. The van der Waals surface area contributed by atoms with Gasteiger partial charge in [-0.25, -0.2) is 0 Å². The number of aliphatic hydroxyl groups excluding tert-OH is 5. The molecule has 1 heterocycles. The highest BCUT2D eigenvalue weighted by Crippen LogP contribution is 2.24. The van der Waals surface area contributed by atoms with Gasteiger partial charge in [-0.3, -0.25) is 0 Å². The second-order valence-corrected chi connectivity index (χ2v) is 6.30. The number of hydrogen-bond donors (Lipinski definition) is 5. The molecule has 0 aromatic heterocycles. The van der Waals surface area contributed by atoms with Crippen LogP contribution >= 0.6 is 0 Å². The maximum atomic E-state index is 10.4. The Labute approximate surface area is 96.5 Å². The van der Waals surface area contributed by atoms with Gasteiger partial charge in [0.05, 0.1) is 12.7 Å². The summed E-state index contributed by atoms with van der Waals surface area (Å²) in [5.41, 5.74) is 0. The minimum Gasteiger partial charge on any atom is -0.853 e. The molecule has 1 rings (SSSR count). The Morgan fingerprint density at radius 3 is 2.38 bits per heavy atom. The van der Waals surface area contributed by atoms with Crippen molar-refractivity contribution in [3.8, 4) is 0 Å². The van der Waals surface area contributed by atoms with Crippen LogP contribution in [0.25, 0.3) is 0 Å². The van der Waals surface area contributed by atoms with Crippen molar-refractivity contribution in [3.63, 3.8) is 0 Å². The van der Waals surface area contributed by atoms with Gasteiger partial charge in [0.15, 0.2) is 5.25 Å². The molecule has 6 nitrogen and oxygen atoms in total. The van der Waals surface area contributed by atoms with E-state index in [4.69, 9.17) is 10.2 Å². The molecule has 0 aromatic carbocycles.